The maximum absolute atomic E-state index is 13.4. The number of nitrogens with zero attached hydrogens (tertiary/aromatic N) is 1. The molecule has 1 aliphatic rings. The summed E-state index contributed by atoms with van der Waals surface area (Å²) in [6.45, 7) is 0. The Bertz CT molecular complexity index is 434. The number of isocyanates is 1. The molecule has 0 spiro atoms. The first kappa shape index (κ1) is 9.87. The van der Waals surface area contributed by atoms with Gasteiger partial charge in [0, 0.05) is 0 Å². The van der Waals surface area contributed by atoms with Crippen molar-refractivity contribution in [3.8, 4) is 5.75 Å². The van der Waals surface area contributed by atoms with Crippen molar-refractivity contribution in [2.45, 2.75) is 18.4 Å². The van der Waals surface area contributed by atoms with Crippen molar-refractivity contribution in [1.29, 1.82) is 0 Å². The van der Waals surface area contributed by atoms with Gasteiger partial charge in [0.05, 0.1) is 12.6 Å². The molecule has 1 aromatic carbocycles. The van der Waals surface area contributed by atoms with Crippen molar-refractivity contribution >= 4 is 6.08 Å². The van der Waals surface area contributed by atoms with E-state index in [2.05, 4.69) is 4.99 Å². The standard InChI is InChI=1S/C11H10FNO2/c1-15-10-3-2-8(6-9(10)12)11(4-5-11)13-7-14/h2-3,6H,4-5H2,1H3. The highest BCUT2D eigenvalue weighted by Gasteiger charge is 2.45. The third-order valence-electron chi connectivity index (χ3n) is 2.67. The Kier molecular flexibility index (Phi) is 2.29. The lowest BCUT2D eigenvalue weighted by molar-refractivity contribution is 0.385. The second-order valence-electron chi connectivity index (χ2n) is 3.58. The maximum atomic E-state index is 13.4. The molecule has 2 rings (SSSR count). The number of hydrogen-bond donors (Lipinski definition) is 0. The molecule has 3 nitrogen and oxygen atoms in total. The third kappa shape index (κ3) is 1.64. The van der Waals surface area contributed by atoms with Crippen LogP contribution in [0.1, 0.15) is 18.4 Å². The van der Waals surface area contributed by atoms with Crippen LogP contribution in [0.3, 0.4) is 0 Å². The first-order chi connectivity index (χ1) is 7.22. The molecule has 0 amide bonds. The number of methoxy groups -OCH3 is 1. The van der Waals surface area contributed by atoms with Crippen molar-refractivity contribution in [2.75, 3.05) is 7.11 Å². The number of halogens is 1. The van der Waals surface area contributed by atoms with E-state index in [0.717, 1.165) is 12.8 Å². The number of rotatable bonds is 3. The molecule has 0 atom stereocenters. The van der Waals surface area contributed by atoms with Gasteiger partial charge in [-0.1, -0.05) is 6.07 Å². The smallest absolute Gasteiger partial charge is 0.235 e. The fourth-order valence-corrected chi connectivity index (χ4v) is 1.63. The Labute approximate surface area is 86.6 Å². The van der Waals surface area contributed by atoms with E-state index >= 15 is 0 Å². The van der Waals surface area contributed by atoms with Gasteiger partial charge in [-0.25, -0.2) is 9.18 Å². The van der Waals surface area contributed by atoms with E-state index in [9.17, 15) is 9.18 Å². The second kappa shape index (κ2) is 3.48. The summed E-state index contributed by atoms with van der Waals surface area (Å²) in [5.41, 5.74) is 0.193. The number of hydrogen-bond acceptors (Lipinski definition) is 3. The maximum Gasteiger partial charge on any atom is 0.235 e. The van der Waals surface area contributed by atoms with Crippen LogP contribution < -0.4 is 4.74 Å². The van der Waals surface area contributed by atoms with Crippen LogP contribution in [0.2, 0.25) is 0 Å². The largest absolute Gasteiger partial charge is 0.494 e. The average Bonchev–Trinajstić information content (AvgIpc) is 2.99. The molecule has 0 saturated heterocycles. The Hall–Kier alpha value is -1.67. The molecule has 1 saturated carbocycles. The van der Waals surface area contributed by atoms with Crippen LogP contribution in [0, 0.1) is 5.82 Å². The summed E-state index contributed by atoms with van der Waals surface area (Å²) in [5.74, 6) is -0.230. The van der Waals surface area contributed by atoms with Gasteiger partial charge in [-0.3, -0.25) is 0 Å². The number of ether oxygens (including phenoxy) is 1. The van der Waals surface area contributed by atoms with Crippen LogP contribution in [-0.2, 0) is 10.3 Å². The summed E-state index contributed by atoms with van der Waals surface area (Å²) in [6, 6.07) is 4.65. The Balaban J connectivity index is 2.38. The van der Waals surface area contributed by atoms with E-state index in [4.69, 9.17) is 4.74 Å². The number of aliphatic imine (C=N–C) groups is 1. The van der Waals surface area contributed by atoms with E-state index in [0.29, 0.717) is 5.56 Å². The van der Waals surface area contributed by atoms with Crippen molar-refractivity contribution in [2.24, 2.45) is 4.99 Å². The van der Waals surface area contributed by atoms with Crippen molar-refractivity contribution in [3.05, 3.63) is 29.6 Å². The Morgan fingerprint density at radius 1 is 1.53 bits per heavy atom. The summed E-state index contributed by atoms with van der Waals surface area (Å²) < 4.78 is 18.2. The van der Waals surface area contributed by atoms with Gasteiger partial charge in [0.15, 0.2) is 11.6 Å². The molecule has 0 aromatic heterocycles. The molecule has 0 N–H and O–H groups in total. The van der Waals surface area contributed by atoms with Crippen molar-refractivity contribution in [3.63, 3.8) is 0 Å². The predicted octanol–water partition coefficient (Wildman–Crippen LogP) is 2.16. The van der Waals surface area contributed by atoms with Crippen molar-refractivity contribution < 1.29 is 13.9 Å². The van der Waals surface area contributed by atoms with E-state index in [-0.39, 0.29) is 5.75 Å². The SMILES string of the molecule is COc1ccc(C2(N=C=O)CC2)cc1F. The lowest BCUT2D eigenvalue weighted by Crippen LogP contribution is -2.03. The monoisotopic (exact) mass is 207 g/mol. The highest BCUT2D eigenvalue weighted by Crippen LogP contribution is 2.49. The van der Waals surface area contributed by atoms with Crippen LogP contribution in [0.4, 0.5) is 4.39 Å². The molecule has 0 heterocycles. The van der Waals surface area contributed by atoms with Crippen LogP contribution in [0.5, 0.6) is 5.75 Å². The van der Waals surface area contributed by atoms with Gasteiger partial charge in [-0.2, -0.15) is 4.99 Å². The zero-order valence-electron chi connectivity index (χ0n) is 8.29. The van der Waals surface area contributed by atoms with Gasteiger partial charge in [0.2, 0.25) is 6.08 Å². The summed E-state index contributed by atoms with van der Waals surface area (Å²) >= 11 is 0. The van der Waals surface area contributed by atoms with Gasteiger partial charge >= 0.3 is 0 Å². The number of benzene rings is 1. The quantitative estimate of drug-likeness (QED) is 0.562. The summed E-state index contributed by atoms with van der Waals surface area (Å²) in [6.07, 6.45) is 3.08. The fraction of sp³-hybridized carbons (Fsp3) is 0.364. The molecule has 15 heavy (non-hydrogen) atoms. The highest BCUT2D eigenvalue weighted by molar-refractivity contribution is 5.43. The molecule has 78 valence electrons. The van der Waals surface area contributed by atoms with Crippen LogP contribution in [0.25, 0.3) is 0 Å². The van der Waals surface area contributed by atoms with E-state index in [1.54, 1.807) is 12.1 Å². The van der Waals surface area contributed by atoms with Gasteiger partial charge in [0.25, 0.3) is 0 Å². The van der Waals surface area contributed by atoms with Crippen LogP contribution in [0.15, 0.2) is 23.2 Å². The summed E-state index contributed by atoms with van der Waals surface area (Å²) in [4.78, 5) is 14.0. The molecular formula is C11H10FNO2. The summed E-state index contributed by atoms with van der Waals surface area (Å²) in [7, 11) is 1.41. The molecule has 0 unspecified atom stereocenters. The van der Waals surface area contributed by atoms with E-state index in [1.807, 2.05) is 0 Å². The minimum absolute atomic E-state index is 0.199. The first-order valence-electron chi connectivity index (χ1n) is 4.65. The Morgan fingerprint density at radius 3 is 2.73 bits per heavy atom. The van der Waals surface area contributed by atoms with Crippen molar-refractivity contribution in [1.82, 2.24) is 0 Å². The lowest BCUT2D eigenvalue weighted by Gasteiger charge is -2.09. The molecular weight excluding hydrogens is 197 g/mol. The topological polar surface area (TPSA) is 38.7 Å². The molecule has 0 aliphatic heterocycles. The van der Waals surface area contributed by atoms with Gasteiger partial charge in [0.1, 0.15) is 0 Å². The zero-order valence-corrected chi connectivity index (χ0v) is 8.29. The Morgan fingerprint density at radius 2 is 2.27 bits per heavy atom. The highest BCUT2D eigenvalue weighted by atomic mass is 19.1. The van der Waals surface area contributed by atoms with Crippen LogP contribution in [-0.4, -0.2) is 13.2 Å². The minimum atomic E-state index is -0.519. The van der Waals surface area contributed by atoms with Gasteiger partial charge in [-0.15, -0.1) is 0 Å². The molecule has 0 bridgehead atoms. The summed E-state index contributed by atoms with van der Waals surface area (Å²) in [5, 5.41) is 0. The van der Waals surface area contributed by atoms with Gasteiger partial charge in [-0.05, 0) is 30.5 Å². The molecule has 1 aliphatic carbocycles. The van der Waals surface area contributed by atoms with Gasteiger partial charge < -0.3 is 4.74 Å². The molecule has 1 fully saturated rings. The van der Waals surface area contributed by atoms with E-state index < -0.39 is 11.4 Å². The average molecular weight is 207 g/mol. The molecule has 0 radical (unpaired) electrons. The number of carbonyl (C=O) groups excluding carboxylic acids is 1. The van der Waals surface area contributed by atoms with E-state index in [1.165, 1.54) is 19.3 Å². The molecule has 4 heteroatoms. The minimum Gasteiger partial charge on any atom is -0.494 e. The fourth-order valence-electron chi connectivity index (χ4n) is 1.63. The first-order valence-corrected chi connectivity index (χ1v) is 4.65. The normalized spacial score (nSPS) is 16.7. The lowest BCUT2D eigenvalue weighted by atomic mass is 10.1. The predicted molar refractivity (Wildman–Crippen MR) is 52.0 cm³/mol. The third-order valence-corrected chi connectivity index (χ3v) is 2.67. The zero-order chi connectivity index (χ0) is 10.9. The molecule has 1 aromatic rings. The second-order valence-corrected chi connectivity index (χ2v) is 3.58. The van der Waals surface area contributed by atoms with Crippen LogP contribution >= 0.6 is 0 Å².